The lowest BCUT2D eigenvalue weighted by Gasteiger charge is -2.07. The number of halogens is 1. The molecule has 1 rings (SSSR count). The van der Waals surface area contributed by atoms with Crippen LogP contribution in [0.15, 0.2) is 22.7 Å². The van der Waals surface area contributed by atoms with Crippen molar-refractivity contribution in [2.75, 3.05) is 12.4 Å². The van der Waals surface area contributed by atoms with Gasteiger partial charge in [0.15, 0.2) is 0 Å². The van der Waals surface area contributed by atoms with Crippen molar-refractivity contribution in [3.8, 4) is 0 Å². The predicted octanol–water partition coefficient (Wildman–Crippen LogP) is 1.90. The number of nitrogens with one attached hydrogen (secondary N) is 2. The molecule has 1 aromatic rings. The van der Waals surface area contributed by atoms with Gasteiger partial charge in [0.25, 0.3) is 0 Å². The van der Waals surface area contributed by atoms with Crippen molar-refractivity contribution < 1.29 is 14.7 Å². The van der Waals surface area contributed by atoms with E-state index >= 15 is 0 Å². The molecule has 80 valence electrons. The zero-order valence-corrected chi connectivity index (χ0v) is 9.46. The van der Waals surface area contributed by atoms with Gasteiger partial charge in [0.1, 0.15) is 0 Å². The van der Waals surface area contributed by atoms with Gasteiger partial charge < -0.3 is 15.7 Å². The van der Waals surface area contributed by atoms with E-state index in [1.165, 1.54) is 25.2 Å². The molecule has 2 amide bonds. The Balaban J connectivity index is 2.93. The topological polar surface area (TPSA) is 78.4 Å². The molecule has 0 saturated heterocycles. The van der Waals surface area contributed by atoms with Crippen LogP contribution in [0.5, 0.6) is 0 Å². The molecule has 0 aliphatic carbocycles. The summed E-state index contributed by atoms with van der Waals surface area (Å²) in [5.41, 5.74) is 0.670. The van der Waals surface area contributed by atoms with Crippen LogP contribution in [0.4, 0.5) is 10.5 Å². The van der Waals surface area contributed by atoms with Gasteiger partial charge >= 0.3 is 12.0 Å². The summed E-state index contributed by atoms with van der Waals surface area (Å²) in [6, 6.07) is 3.99. The van der Waals surface area contributed by atoms with Crippen LogP contribution >= 0.6 is 15.9 Å². The van der Waals surface area contributed by atoms with Crippen LogP contribution in [0.2, 0.25) is 0 Å². The molecule has 0 aromatic heterocycles. The molecule has 0 aliphatic rings. The summed E-state index contributed by atoms with van der Waals surface area (Å²) in [5.74, 6) is -1.01. The van der Waals surface area contributed by atoms with Crippen LogP contribution in [0.25, 0.3) is 0 Å². The van der Waals surface area contributed by atoms with Gasteiger partial charge in [-0.05, 0) is 34.1 Å². The fourth-order valence-corrected chi connectivity index (χ4v) is 1.41. The minimum absolute atomic E-state index is 0.157. The molecule has 3 N–H and O–H groups in total. The lowest BCUT2D eigenvalue weighted by atomic mass is 10.2. The fraction of sp³-hybridized carbons (Fsp3) is 0.111. The van der Waals surface area contributed by atoms with E-state index in [0.717, 1.165) is 0 Å². The van der Waals surface area contributed by atoms with Crippen molar-refractivity contribution in [2.45, 2.75) is 0 Å². The molecule has 6 heteroatoms. The van der Waals surface area contributed by atoms with Gasteiger partial charge in [-0.15, -0.1) is 0 Å². The molecule has 0 unspecified atom stereocenters. The number of benzene rings is 1. The SMILES string of the molecule is CNC(=O)Nc1ccc(C(=O)O)cc1Br. The maximum absolute atomic E-state index is 11.0. The van der Waals surface area contributed by atoms with Gasteiger partial charge in [0, 0.05) is 11.5 Å². The van der Waals surface area contributed by atoms with Gasteiger partial charge in [0.05, 0.1) is 11.3 Å². The Bertz CT molecular complexity index is 406. The van der Waals surface area contributed by atoms with Crippen LogP contribution in [0.1, 0.15) is 10.4 Å². The molecule has 0 heterocycles. The highest BCUT2D eigenvalue weighted by Crippen LogP contribution is 2.23. The monoisotopic (exact) mass is 272 g/mol. The number of carboxylic acids is 1. The Kier molecular flexibility index (Phi) is 3.68. The van der Waals surface area contributed by atoms with Crippen molar-refractivity contribution in [1.29, 1.82) is 0 Å². The smallest absolute Gasteiger partial charge is 0.335 e. The maximum atomic E-state index is 11.0. The average molecular weight is 273 g/mol. The van der Waals surface area contributed by atoms with Crippen LogP contribution in [-0.4, -0.2) is 24.2 Å². The summed E-state index contributed by atoms with van der Waals surface area (Å²) in [4.78, 5) is 21.6. The Morgan fingerprint density at radius 3 is 2.53 bits per heavy atom. The first kappa shape index (κ1) is 11.5. The Morgan fingerprint density at radius 2 is 2.07 bits per heavy atom. The number of hydrogen-bond acceptors (Lipinski definition) is 2. The van der Waals surface area contributed by atoms with Crippen LogP contribution in [0, 0.1) is 0 Å². The number of anilines is 1. The van der Waals surface area contributed by atoms with Crippen molar-refractivity contribution in [2.24, 2.45) is 0 Å². The number of aromatic carboxylic acids is 1. The maximum Gasteiger partial charge on any atom is 0.335 e. The summed E-state index contributed by atoms with van der Waals surface area (Å²) < 4.78 is 0.519. The van der Waals surface area contributed by atoms with Crippen molar-refractivity contribution >= 4 is 33.6 Å². The van der Waals surface area contributed by atoms with E-state index in [0.29, 0.717) is 10.2 Å². The quantitative estimate of drug-likeness (QED) is 0.770. The van der Waals surface area contributed by atoms with Gasteiger partial charge in [-0.2, -0.15) is 0 Å². The third-order valence-electron chi connectivity index (χ3n) is 1.69. The van der Waals surface area contributed by atoms with E-state index < -0.39 is 5.97 Å². The van der Waals surface area contributed by atoms with Crippen molar-refractivity contribution in [3.05, 3.63) is 28.2 Å². The molecule has 0 fully saturated rings. The van der Waals surface area contributed by atoms with E-state index in [9.17, 15) is 9.59 Å². The van der Waals surface area contributed by atoms with E-state index in [1.54, 1.807) is 0 Å². The highest BCUT2D eigenvalue weighted by molar-refractivity contribution is 9.10. The second-order valence-electron chi connectivity index (χ2n) is 2.70. The predicted molar refractivity (Wildman–Crippen MR) is 59.2 cm³/mol. The molecule has 0 bridgehead atoms. The Morgan fingerprint density at radius 1 is 1.40 bits per heavy atom. The Hall–Kier alpha value is -1.56. The van der Waals surface area contributed by atoms with E-state index in [4.69, 9.17) is 5.11 Å². The first-order chi connectivity index (χ1) is 7.04. The summed E-state index contributed by atoms with van der Waals surface area (Å²) >= 11 is 3.17. The molecule has 0 atom stereocenters. The van der Waals surface area contributed by atoms with Crippen LogP contribution in [-0.2, 0) is 0 Å². The minimum atomic E-state index is -1.01. The highest BCUT2D eigenvalue weighted by atomic mass is 79.9. The molecule has 0 aliphatic heterocycles. The molecule has 5 nitrogen and oxygen atoms in total. The standard InChI is InChI=1S/C9H9BrN2O3/c1-11-9(15)12-7-3-2-5(8(13)14)4-6(7)10/h2-4H,1H3,(H,13,14)(H2,11,12,15). The summed E-state index contributed by atoms with van der Waals surface area (Å²) in [6.07, 6.45) is 0. The number of carbonyl (C=O) groups excluding carboxylic acids is 1. The van der Waals surface area contributed by atoms with Gasteiger partial charge in [-0.25, -0.2) is 9.59 Å². The zero-order valence-electron chi connectivity index (χ0n) is 7.87. The molecule has 0 saturated carbocycles. The normalized spacial score (nSPS) is 9.47. The lowest BCUT2D eigenvalue weighted by molar-refractivity contribution is 0.0697. The van der Waals surface area contributed by atoms with Crippen molar-refractivity contribution in [1.82, 2.24) is 5.32 Å². The number of carboxylic acid groups (broad SMARTS) is 1. The molecule has 0 spiro atoms. The third kappa shape index (κ3) is 2.95. The molecular formula is C9H9BrN2O3. The second-order valence-corrected chi connectivity index (χ2v) is 3.56. The molecule has 0 radical (unpaired) electrons. The molecular weight excluding hydrogens is 264 g/mol. The third-order valence-corrected chi connectivity index (χ3v) is 2.35. The number of carbonyl (C=O) groups is 2. The van der Waals surface area contributed by atoms with Gasteiger partial charge in [0.2, 0.25) is 0 Å². The lowest BCUT2D eigenvalue weighted by Crippen LogP contribution is -2.24. The highest BCUT2D eigenvalue weighted by Gasteiger charge is 2.07. The van der Waals surface area contributed by atoms with Crippen LogP contribution < -0.4 is 10.6 Å². The molecule has 1 aromatic carbocycles. The summed E-state index contributed by atoms with van der Waals surface area (Å²) in [6.45, 7) is 0. The summed E-state index contributed by atoms with van der Waals surface area (Å²) in [5, 5.41) is 13.6. The fourth-order valence-electron chi connectivity index (χ4n) is 0.934. The van der Waals surface area contributed by atoms with E-state index in [-0.39, 0.29) is 11.6 Å². The summed E-state index contributed by atoms with van der Waals surface area (Å²) in [7, 11) is 1.49. The number of rotatable bonds is 2. The second kappa shape index (κ2) is 4.79. The largest absolute Gasteiger partial charge is 0.478 e. The van der Waals surface area contributed by atoms with E-state index in [1.807, 2.05) is 0 Å². The molecule has 15 heavy (non-hydrogen) atoms. The average Bonchev–Trinajstić information content (AvgIpc) is 2.20. The van der Waals surface area contributed by atoms with E-state index in [2.05, 4.69) is 26.6 Å². The number of amides is 2. The first-order valence-corrected chi connectivity index (χ1v) is 4.85. The van der Waals surface area contributed by atoms with Gasteiger partial charge in [-0.3, -0.25) is 0 Å². The van der Waals surface area contributed by atoms with Gasteiger partial charge in [-0.1, -0.05) is 0 Å². The van der Waals surface area contributed by atoms with Crippen LogP contribution in [0.3, 0.4) is 0 Å². The van der Waals surface area contributed by atoms with Crippen molar-refractivity contribution in [3.63, 3.8) is 0 Å². The number of hydrogen-bond donors (Lipinski definition) is 3. The Labute approximate surface area is 94.6 Å². The first-order valence-electron chi connectivity index (χ1n) is 4.06. The zero-order chi connectivity index (χ0) is 11.4. The minimum Gasteiger partial charge on any atom is -0.478 e. The number of urea groups is 1.